The Bertz CT molecular complexity index is 594. The molecule has 0 heterocycles. The molecule has 3 nitrogen and oxygen atoms in total. The second-order valence-electron chi connectivity index (χ2n) is 3.76. The maximum Gasteiger partial charge on any atom is 0.264 e. The van der Waals surface area contributed by atoms with Crippen molar-refractivity contribution < 1.29 is 18.4 Å². The molecule has 0 saturated heterocycles. The summed E-state index contributed by atoms with van der Waals surface area (Å²) < 4.78 is 25.6. The van der Waals surface area contributed by atoms with Crippen molar-refractivity contribution in [2.45, 2.75) is 0 Å². The maximum atomic E-state index is 12.8. The minimum absolute atomic E-state index is 0.165. The van der Waals surface area contributed by atoms with Gasteiger partial charge >= 0.3 is 0 Å². The first kappa shape index (κ1) is 12.9. The summed E-state index contributed by atoms with van der Waals surface area (Å²) in [7, 11) is 0. The van der Waals surface area contributed by atoms with Crippen LogP contribution in [0.15, 0.2) is 48.5 Å². The molecule has 0 saturated carbocycles. The largest absolute Gasteiger partial charge is 0.278 e. The van der Waals surface area contributed by atoms with Gasteiger partial charge in [0.05, 0.1) is 5.69 Å². The molecule has 0 aliphatic rings. The van der Waals surface area contributed by atoms with Gasteiger partial charge in [-0.3, -0.25) is 9.59 Å². The highest BCUT2D eigenvalue weighted by molar-refractivity contribution is 6.15. The lowest BCUT2D eigenvalue weighted by molar-refractivity contribution is -0.106. The highest BCUT2D eigenvalue weighted by Crippen LogP contribution is 2.16. The van der Waals surface area contributed by atoms with Gasteiger partial charge in [0.25, 0.3) is 5.91 Å². The summed E-state index contributed by atoms with van der Waals surface area (Å²) in [5.41, 5.74) is 0.406. The lowest BCUT2D eigenvalue weighted by atomic mass is 10.2. The third-order valence-corrected chi connectivity index (χ3v) is 2.52. The van der Waals surface area contributed by atoms with Gasteiger partial charge in [0.2, 0.25) is 6.41 Å². The van der Waals surface area contributed by atoms with Crippen molar-refractivity contribution in [3.05, 3.63) is 65.7 Å². The number of carbonyl (C=O) groups excluding carboxylic acids is 2. The SMILES string of the molecule is O=CN(C(=O)c1ccc(F)cc1)c1ccc(F)cc1. The molecule has 0 spiro atoms. The molecular formula is C14H9F2NO2. The summed E-state index contributed by atoms with van der Waals surface area (Å²) in [5, 5.41) is 0. The first-order valence-corrected chi connectivity index (χ1v) is 5.42. The Kier molecular flexibility index (Phi) is 3.66. The summed E-state index contributed by atoms with van der Waals surface area (Å²) in [6.07, 6.45) is 0.332. The predicted octanol–water partition coefficient (Wildman–Crippen LogP) is 2.77. The molecule has 0 fully saturated rings. The zero-order chi connectivity index (χ0) is 13.8. The van der Waals surface area contributed by atoms with E-state index in [1.165, 1.54) is 24.3 Å². The number of anilines is 1. The zero-order valence-corrected chi connectivity index (χ0v) is 9.72. The van der Waals surface area contributed by atoms with Gasteiger partial charge in [-0.1, -0.05) is 0 Å². The van der Waals surface area contributed by atoms with Crippen LogP contribution in [-0.2, 0) is 4.79 Å². The van der Waals surface area contributed by atoms with Crippen LogP contribution in [0.25, 0.3) is 0 Å². The summed E-state index contributed by atoms with van der Waals surface area (Å²) in [6.45, 7) is 0. The van der Waals surface area contributed by atoms with Gasteiger partial charge in [-0.15, -0.1) is 0 Å². The van der Waals surface area contributed by atoms with E-state index in [-0.39, 0.29) is 11.3 Å². The lowest BCUT2D eigenvalue weighted by Crippen LogP contribution is -2.29. The van der Waals surface area contributed by atoms with Gasteiger partial charge in [-0.05, 0) is 48.5 Å². The van der Waals surface area contributed by atoms with Crippen molar-refractivity contribution in [2.24, 2.45) is 0 Å². The van der Waals surface area contributed by atoms with Crippen LogP contribution in [0.3, 0.4) is 0 Å². The van der Waals surface area contributed by atoms with Crippen LogP contribution in [0.5, 0.6) is 0 Å². The Morgan fingerprint density at radius 3 is 1.84 bits per heavy atom. The number of amides is 2. The Morgan fingerprint density at radius 1 is 0.895 bits per heavy atom. The second-order valence-corrected chi connectivity index (χ2v) is 3.76. The number of nitrogens with zero attached hydrogens (tertiary/aromatic N) is 1. The van der Waals surface area contributed by atoms with E-state index in [0.29, 0.717) is 6.41 Å². The van der Waals surface area contributed by atoms with E-state index in [9.17, 15) is 18.4 Å². The molecule has 0 unspecified atom stereocenters. The number of carbonyl (C=O) groups is 2. The lowest BCUT2D eigenvalue weighted by Gasteiger charge is -2.15. The van der Waals surface area contributed by atoms with Crippen LogP contribution in [0.1, 0.15) is 10.4 Å². The highest BCUT2D eigenvalue weighted by atomic mass is 19.1. The monoisotopic (exact) mass is 261 g/mol. The molecule has 0 aliphatic carbocycles. The average molecular weight is 261 g/mol. The normalized spacial score (nSPS) is 10.0. The summed E-state index contributed by atoms with van der Waals surface area (Å²) >= 11 is 0. The Balaban J connectivity index is 2.31. The highest BCUT2D eigenvalue weighted by Gasteiger charge is 2.17. The van der Waals surface area contributed by atoms with E-state index < -0.39 is 17.5 Å². The van der Waals surface area contributed by atoms with Crippen molar-refractivity contribution in [1.29, 1.82) is 0 Å². The minimum atomic E-state index is -0.610. The fraction of sp³-hybridized carbons (Fsp3) is 0. The summed E-state index contributed by atoms with van der Waals surface area (Å²) in [6, 6.07) is 9.71. The second kappa shape index (κ2) is 5.39. The van der Waals surface area contributed by atoms with Crippen molar-refractivity contribution in [3.63, 3.8) is 0 Å². The molecule has 2 rings (SSSR count). The molecule has 96 valence electrons. The van der Waals surface area contributed by atoms with Crippen LogP contribution in [0.4, 0.5) is 14.5 Å². The fourth-order valence-corrected chi connectivity index (χ4v) is 1.56. The molecular weight excluding hydrogens is 252 g/mol. The third-order valence-electron chi connectivity index (χ3n) is 2.52. The van der Waals surface area contributed by atoms with Gasteiger partial charge in [0, 0.05) is 5.56 Å². The molecule has 2 aromatic rings. The van der Waals surface area contributed by atoms with Gasteiger partial charge in [-0.2, -0.15) is 0 Å². The van der Waals surface area contributed by atoms with Crippen LogP contribution >= 0.6 is 0 Å². The van der Waals surface area contributed by atoms with E-state index in [2.05, 4.69) is 0 Å². The molecule has 19 heavy (non-hydrogen) atoms. The molecule has 0 atom stereocenters. The van der Waals surface area contributed by atoms with Gasteiger partial charge in [0.1, 0.15) is 11.6 Å². The number of imide groups is 1. The van der Waals surface area contributed by atoms with E-state index in [1.807, 2.05) is 0 Å². The average Bonchev–Trinajstić information content (AvgIpc) is 2.42. The van der Waals surface area contributed by atoms with Crippen LogP contribution in [0, 0.1) is 11.6 Å². The van der Waals surface area contributed by atoms with Crippen LogP contribution < -0.4 is 4.90 Å². The van der Waals surface area contributed by atoms with E-state index >= 15 is 0 Å². The van der Waals surface area contributed by atoms with E-state index in [1.54, 1.807) is 0 Å². The first-order chi connectivity index (χ1) is 9.11. The van der Waals surface area contributed by atoms with Crippen LogP contribution in [0.2, 0.25) is 0 Å². The zero-order valence-electron chi connectivity index (χ0n) is 9.72. The first-order valence-electron chi connectivity index (χ1n) is 5.42. The Morgan fingerprint density at radius 2 is 1.37 bits per heavy atom. The molecule has 2 aromatic carbocycles. The fourth-order valence-electron chi connectivity index (χ4n) is 1.56. The quantitative estimate of drug-likeness (QED) is 0.797. The molecule has 0 radical (unpaired) electrons. The predicted molar refractivity (Wildman–Crippen MR) is 65.7 cm³/mol. The van der Waals surface area contributed by atoms with Crippen molar-refractivity contribution in [1.82, 2.24) is 0 Å². The number of hydrogen-bond acceptors (Lipinski definition) is 2. The molecule has 0 N–H and O–H groups in total. The number of hydrogen-bond donors (Lipinski definition) is 0. The summed E-state index contributed by atoms with van der Waals surface area (Å²) in [4.78, 5) is 23.9. The third kappa shape index (κ3) is 2.82. The molecule has 5 heteroatoms. The van der Waals surface area contributed by atoms with Crippen molar-refractivity contribution in [2.75, 3.05) is 4.90 Å². The smallest absolute Gasteiger partial charge is 0.264 e. The van der Waals surface area contributed by atoms with Gasteiger partial charge in [0.15, 0.2) is 0 Å². The van der Waals surface area contributed by atoms with Crippen LogP contribution in [-0.4, -0.2) is 12.3 Å². The molecule has 0 aromatic heterocycles. The van der Waals surface area contributed by atoms with Gasteiger partial charge < -0.3 is 0 Å². The van der Waals surface area contributed by atoms with Crippen molar-refractivity contribution >= 4 is 18.0 Å². The molecule has 0 aliphatic heterocycles. The topological polar surface area (TPSA) is 37.4 Å². The Hall–Kier alpha value is -2.56. The molecule has 0 bridgehead atoms. The number of halogens is 2. The molecule has 2 amide bonds. The van der Waals surface area contributed by atoms with Crippen molar-refractivity contribution in [3.8, 4) is 0 Å². The minimum Gasteiger partial charge on any atom is -0.278 e. The van der Waals surface area contributed by atoms with Gasteiger partial charge in [-0.25, -0.2) is 13.7 Å². The standard InChI is InChI=1S/C14H9F2NO2/c15-11-3-1-10(2-4-11)14(19)17(9-18)13-7-5-12(16)6-8-13/h1-9H. The van der Waals surface area contributed by atoms with E-state index in [4.69, 9.17) is 0 Å². The maximum absolute atomic E-state index is 12.8. The Labute approximate surface area is 108 Å². The van der Waals surface area contributed by atoms with E-state index in [0.717, 1.165) is 29.2 Å². The number of rotatable bonds is 3. The number of benzene rings is 2. The summed E-state index contributed by atoms with van der Waals surface area (Å²) in [5.74, 6) is -1.55.